The molecule has 0 aliphatic carbocycles. The number of hydrogen-bond donors (Lipinski definition) is 3. The number of amides is 1. The van der Waals surface area contributed by atoms with Crippen LogP contribution >= 0.6 is 0 Å². The van der Waals surface area contributed by atoms with Gasteiger partial charge < -0.3 is 15.3 Å². The van der Waals surface area contributed by atoms with Gasteiger partial charge in [0.25, 0.3) is 5.91 Å². The SMILES string of the molecule is C=C(C(C)=O)C(=O)Nc1ccc2[nH]c(=O)[nH]c2c1. The number of hydrogen-bond acceptors (Lipinski definition) is 3. The molecular weight excluding hydrogens is 234 g/mol. The molecule has 0 unspecified atom stereocenters. The van der Waals surface area contributed by atoms with Gasteiger partial charge in [0.2, 0.25) is 0 Å². The molecule has 0 atom stereocenters. The minimum atomic E-state index is -0.556. The van der Waals surface area contributed by atoms with E-state index in [0.717, 1.165) is 0 Å². The smallest absolute Gasteiger partial charge is 0.322 e. The minimum absolute atomic E-state index is 0.113. The average molecular weight is 245 g/mol. The van der Waals surface area contributed by atoms with Gasteiger partial charge in [-0.2, -0.15) is 0 Å². The van der Waals surface area contributed by atoms with E-state index in [1.165, 1.54) is 6.92 Å². The lowest BCUT2D eigenvalue weighted by atomic mass is 10.2. The number of carbonyl (C=O) groups excluding carboxylic acids is 2. The number of ketones is 1. The maximum atomic E-state index is 11.6. The number of nitrogens with one attached hydrogen (secondary N) is 3. The summed E-state index contributed by atoms with van der Waals surface area (Å²) < 4.78 is 0. The normalized spacial score (nSPS) is 10.3. The van der Waals surface area contributed by atoms with E-state index in [0.29, 0.717) is 16.7 Å². The molecule has 6 nitrogen and oxygen atoms in total. The number of anilines is 1. The highest BCUT2D eigenvalue weighted by Crippen LogP contribution is 2.15. The summed E-state index contributed by atoms with van der Waals surface area (Å²) >= 11 is 0. The van der Waals surface area contributed by atoms with Crippen molar-refractivity contribution in [3.8, 4) is 0 Å². The van der Waals surface area contributed by atoms with Gasteiger partial charge in [-0.05, 0) is 25.1 Å². The lowest BCUT2D eigenvalue weighted by Gasteiger charge is -2.05. The predicted molar refractivity (Wildman–Crippen MR) is 67.4 cm³/mol. The molecule has 0 aliphatic heterocycles. The van der Waals surface area contributed by atoms with Crippen LogP contribution in [0.3, 0.4) is 0 Å². The van der Waals surface area contributed by atoms with Gasteiger partial charge in [0.15, 0.2) is 5.78 Å². The third-order valence-corrected chi connectivity index (χ3v) is 2.47. The summed E-state index contributed by atoms with van der Waals surface area (Å²) in [6.45, 7) is 4.66. The number of carbonyl (C=O) groups is 2. The van der Waals surface area contributed by atoms with Gasteiger partial charge in [-0.3, -0.25) is 9.59 Å². The molecule has 1 aromatic carbocycles. The van der Waals surface area contributed by atoms with E-state index < -0.39 is 5.91 Å². The zero-order valence-electron chi connectivity index (χ0n) is 9.66. The molecule has 2 aromatic rings. The van der Waals surface area contributed by atoms with Crippen molar-refractivity contribution in [3.05, 3.63) is 40.8 Å². The molecule has 0 saturated heterocycles. The van der Waals surface area contributed by atoms with Gasteiger partial charge in [0.05, 0.1) is 16.6 Å². The second-order valence-electron chi connectivity index (χ2n) is 3.83. The lowest BCUT2D eigenvalue weighted by Crippen LogP contribution is -2.17. The molecule has 2 rings (SSSR count). The second-order valence-corrected chi connectivity index (χ2v) is 3.83. The summed E-state index contributed by atoms with van der Waals surface area (Å²) in [7, 11) is 0. The van der Waals surface area contributed by atoms with Crippen molar-refractivity contribution in [2.24, 2.45) is 0 Å². The quantitative estimate of drug-likeness (QED) is 0.426. The Labute approximate surface area is 102 Å². The number of Topliss-reactive ketones (excluding diaryl/α,β-unsaturated/α-hetero) is 1. The predicted octanol–water partition coefficient (Wildman–Crippen LogP) is 0.940. The Balaban J connectivity index is 2.27. The number of aromatic nitrogens is 2. The van der Waals surface area contributed by atoms with E-state index in [1.807, 2.05) is 0 Å². The highest BCUT2D eigenvalue weighted by molar-refractivity contribution is 6.22. The zero-order valence-corrected chi connectivity index (χ0v) is 9.66. The van der Waals surface area contributed by atoms with E-state index in [4.69, 9.17) is 0 Å². The number of aromatic amines is 2. The summed E-state index contributed by atoms with van der Waals surface area (Å²) in [4.78, 5) is 38.8. The average Bonchev–Trinajstić information content (AvgIpc) is 2.67. The molecule has 0 saturated carbocycles. The monoisotopic (exact) mass is 245 g/mol. The summed E-state index contributed by atoms with van der Waals surface area (Å²) in [5, 5.41) is 2.53. The molecular formula is C12H11N3O3. The number of H-pyrrole nitrogens is 2. The van der Waals surface area contributed by atoms with Crippen LogP contribution in [0.1, 0.15) is 6.92 Å². The van der Waals surface area contributed by atoms with E-state index >= 15 is 0 Å². The Morgan fingerprint density at radius 1 is 1.22 bits per heavy atom. The highest BCUT2D eigenvalue weighted by atomic mass is 16.2. The largest absolute Gasteiger partial charge is 0.323 e. The van der Waals surface area contributed by atoms with E-state index in [1.54, 1.807) is 18.2 Å². The molecule has 0 aliphatic rings. The molecule has 3 N–H and O–H groups in total. The van der Waals surface area contributed by atoms with Crippen molar-refractivity contribution in [3.63, 3.8) is 0 Å². The van der Waals surface area contributed by atoms with Crippen molar-refractivity contribution in [2.45, 2.75) is 6.92 Å². The van der Waals surface area contributed by atoms with Crippen LogP contribution in [0.4, 0.5) is 5.69 Å². The summed E-state index contributed by atoms with van der Waals surface area (Å²) in [5.41, 5.74) is 1.26. The minimum Gasteiger partial charge on any atom is -0.322 e. The molecule has 18 heavy (non-hydrogen) atoms. The standard InChI is InChI=1S/C12H11N3O3/c1-6(7(2)16)11(17)13-8-3-4-9-10(5-8)15-12(18)14-9/h3-5H,1H2,2H3,(H,13,17)(H2,14,15,18). The Bertz CT molecular complexity index is 709. The molecule has 92 valence electrons. The fourth-order valence-corrected chi connectivity index (χ4v) is 1.48. The molecule has 6 heteroatoms. The topological polar surface area (TPSA) is 94.8 Å². The lowest BCUT2D eigenvalue weighted by molar-refractivity contribution is -0.118. The van der Waals surface area contributed by atoms with Crippen LogP contribution in [0.5, 0.6) is 0 Å². The van der Waals surface area contributed by atoms with Crippen molar-refractivity contribution >= 4 is 28.4 Å². The zero-order chi connectivity index (χ0) is 13.3. The third kappa shape index (κ3) is 2.22. The maximum Gasteiger partial charge on any atom is 0.323 e. The van der Waals surface area contributed by atoms with Gasteiger partial charge >= 0.3 is 5.69 Å². The Hall–Kier alpha value is -2.63. The van der Waals surface area contributed by atoms with Gasteiger partial charge in [-0.1, -0.05) is 6.58 Å². The van der Waals surface area contributed by atoms with Crippen LogP contribution in [0.2, 0.25) is 0 Å². The van der Waals surface area contributed by atoms with Crippen molar-refractivity contribution in [2.75, 3.05) is 5.32 Å². The maximum absolute atomic E-state index is 11.6. The van der Waals surface area contributed by atoms with E-state index in [9.17, 15) is 14.4 Å². The summed E-state index contributed by atoms with van der Waals surface area (Å²) in [6, 6.07) is 4.87. The van der Waals surface area contributed by atoms with Crippen LogP contribution in [0.15, 0.2) is 35.1 Å². The van der Waals surface area contributed by atoms with Crippen molar-refractivity contribution < 1.29 is 9.59 Å². The first kappa shape index (κ1) is 11.8. The number of fused-ring (bicyclic) bond motifs is 1. The fourth-order valence-electron chi connectivity index (χ4n) is 1.48. The highest BCUT2D eigenvalue weighted by Gasteiger charge is 2.11. The molecule has 0 spiro atoms. The Morgan fingerprint density at radius 2 is 1.89 bits per heavy atom. The van der Waals surface area contributed by atoms with Gasteiger partial charge in [-0.15, -0.1) is 0 Å². The Morgan fingerprint density at radius 3 is 2.56 bits per heavy atom. The molecule has 0 radical (unpaired) electrons. The molecule has 1 aromatic heterocycles. The van der Waals surface area contributed by atoms with Gasteiger partial charge in [-0.25, -0.2) is 4.79 Å². The van der Waals surface area contributed by atoms with Crippen LogP contribution in [-0.2, 0) is 9.59 Å². The number of imidazole rings is 1. The van der Waals surface area contributed by atoms with Crippen LogP contribution in [0, 0.1) is 0 Å². The first-order valence-corrected chi connectivity index (χ1v) is 5.20. The van der Waals surface area contributed by atoms with Crippen LogP contribution in [-0.4, -0.2) is 21.7 Å². The van der Waals surface area contributed by atoms with Gasteiger partial charge in [0, 0.05) is 5.69 Å². The number of rotatable bonds is 3. The molecule has 1 amide bonds. The fraction of sp³-hybridized carbons (Fsp3) is 0.0833. The Kier molecular flexibility index (Phi) is 2.85. The van der Waals surface area contributed by atoms with Crippen molar-refractivity contribution in [1.29, 1.82) is 0 Å². The molecule has 1 heterocycles. The summed E-state index contributed by atoms with van der Waals surface area (Å²) in [6.07, 6.45) is 0. The van der Waals surface area contributed by atoms with E-state index in [-0.39, 0.29) is 17.0 Å². The molecule has 0 bridgehead atoms. The first-order chi connectivity index (χ1) is 8.47. The third-order valence-electron chi connectivity index (χ3n) is 2.47. The van der Waals surface area contributed by atoms with Crippen LogP contribution < -0.4 is 11.0 Å². The van der Waals surface area contributed by atoms with Gasteiger partial charge in [0.1, 0.15) is 0 Å². The second kappa shape index (κ2) is 4.33. The number of benzene rings is 1. The summed E-state index contributed by atoms with van der Waals surface area (Å²) in [5.74, 6) is -0.941. The first-order valence-electron chi connectivity index (χ1n) is 5.20. The van der Waals surface area contributed by atoms with Crippen molar-refractivity contribution in [1.82, 2.24) is 9.97 Å². The molecule has 0 fully saturated rings. The van der Waals surface area contributed by atoms with Crippen LogP contribution in [0.25, 0.3) is 11.0 Å². The van der Waals surface area contributed by atoms with E-state index in [2.05, 4.69) is 21.9 Å².